The largest absolute Gasteiger partial charge is 0.380 e. The van der Waals surface area contributed by atoms with E-state index < -0.39 is 11.8 Å². The molecule has 0 unspecified atom stereocenters. The summed E-state index contributed by atoms with van der Waals surface area (Å²) in [5, 5.41) is 0. The van der Waals surface area contributed by atoms with Crippen molar-refractivity contribution in [2.75, 3.05) is 13.2 Å². The second-order valence-electron chi connectivity index (χ2n) is 3.18. The summed E-state index contributed by atoms with van der Waals surface area (Å²) in [5.74, 6) is 0.0150. The minimum absolute atomic E-state index is 0.0150. The summed E-state index contributed by atoms with van der Waals surface area (Å²) < 4.78 is 29.4. The summed E-state index contributed by atoms with van der Waals surface area (Å²) in [6.45, 7) is 4.08. The smallest absolute Gasteiger partial charge is 0.248 e. The first kappa shape index (κ1) is 7.92. The zero-order chi connectivity index (χ0) is 7.78. The number of halogens is 2. The highest BCUT2D eigenvalue weighted by Crippen LogP contribution is 2.41. The van der Waals surface area contributed by atoms with Crippen molar-refractivity contribution in [3.8, 4) is 0 Å². The first-order valence-corrected chi connectivity index (χ1v) is 3.45. The molecule has 0 N–H and O–H groups in total. The Kier molecular flexibility index (Phi) is 1.95. The van der Waals surface area contributed by atoms with Gasteiger partial charge < -0.3 is 4.74 Å². The van der Waals surface area contributed by atoms with Crippen LogP contribution in [0.25, 0.3) is 0 Å². The first-order chi connectivity index (χ1) is 4.59. The van der Waals surface area contributed by atoms with Crippen molar-refractivity contribution in [3.05, 3.63) is 0 Å². The van der Waals surface area contributed by atoms with Gasteiger partial charge in [0.2, 0.25) is 6.43 Å². The molecule has 10 heavy (non-hydrogen) atoms. The molecule has 0 aromatic carbocycles. The summed E-state index contributed by atoms with van der Waals surface area (Å²) in [5.41, 5.74) is -0.833. The third-order valence-electron chi connectivity index (χ3n) is 2.33. The minimum Gasteiger partial charge on any atom is -0.380 e. The van der Waals surface area contributed by atoms with Crippen LogP contribution in [0.1, 0.15) is 13.8 Å². The molecule has 1 fully saturated rings. The molecule has 1 aliphatic rings. The van der Waals surface area contributed by atoms with Gasteiger partial charge in [-0.15, -0.1) is 0 Å². The predicted molar refractivity (Wildman–Crippen MR) is 34.1 cm³/mol. The summed E-state index contributed by atoms with van der Waals surface area (Å²) >= 11 is 0. The Labute approximate surface area is 59.4 Å². The molecule has 60 valence electrons. The number of rotatable bonds is 2. The zero-order valence-corrected chi connectivity index (χ0v) is 6.23. The Balaban J connectivity index is 2.59. The van der Waals surface area contributed by atoms with Crippen molar-refractivity contribution in [3.63, 3.8) is 0 Å². The third-order valence-corrected chi connectivity index (χ3v) is 2.33. The van der Waals surface area contributed by atoms with E-state index in [1.165, 1.54) is 0 Å². The Morgan fingerprint density at radius 1 is 1.30 bits per heavy atom. The van der Waals surface area contributed by atoms with E-state index in [9.17, 15) is 8.78 Å². The van der Waals surface area contributed by atoms with E-state index in [-0.39, 0.29) is 19.1 Å². The third kappa shape index (κ3) is 0.926. The topological polar surface area (TPSA) is 9.23 Å². The van der Waals surface area contributed by atoms with Gasteiger partial charge in [0.25, 0.3) is 0 Å². The van der Waals surface area contributed by atoms with Crippen molar-refractivity contribution < 1.29 is 13.5 Å². The second kappa shape index (κ2) is 2.46. The lowest BCUT2D eigenvalue weighted by Crippen LogP contribution is -2.52. The average molecular weight is 150 g/mol. The fourth-order valence-corrected chi connectivity index (χ4v) is 1.05. The molecular formula is C7H12F2O. The first-order valence-electron chi connectivity index (χ1n) is 3.45. The van der Waals surface area contributed by atoms with Crippen molar-refractivity contribution in [2.24, 2.45) is 11.3 Å². The van der Waals surface area contributed by atoms with Crippen LogP contribution >= 0.6 is 0 Å². The van der Waals surface area contributed by atoms with Crippen molar-refractivity contribution in [1.82, 2.24) is 0 Å². The van der Waals surface area contributed by atoms with Crippen molar-refractivity contribution in [1.29, 1.82) is 0 Å². The standard InChI is InChI=1S/C7H12F2O/c1-5(2)7(6(8)9)3-10-4-7/h5-6H,3-4H2,1-2H3. The van der Waals surface area contributed by atoms with Crippen LogP contribution < -0.4 is 0 Å². The number of hydrogen-bond donors (Lipinski definition) is 0. The minimum atomic E-state index is -2.23. The van der Waals surface area contributed by atoms with Gasteiger partial charge >= 0.3 is 0 Å². The Bertz CT molecular complexity index is 109. The van der Waals surface area contributed by atoms with E-state index >= 15 is 0 Å². The molecule has 0 aliphatic carbocycles. The molecule has 1 heterocycles. The van der Waals surface area contributed by atoms with Gasteiger partial charge in [0.15, 0.2) is 0 Å². The zero-order valence-electron chi connectivity index (χ0n) is 6.23. The molecule has 0 amide bonds. The van der Waals surface area contributed by atoms with Crippen LogP contribution in [0.15, 0.2) is 0 Å². The molecule has 0 saturated carbocycles. The fourth-order valence-electron chi connectivity index (χ4n) is 1.05. The molecule has 1 aliphatic heterocycles. The lowest BCUT2D eigenvalue weighted by Gasteiger charge is -2.43. The van der Waals surface area contributed by atoms with E-state index in [0.717, 1.165) is 0 Å². The highest BCUT2D eigenvalue weighted by atomic mass is 19.3. The number of ether oxygens (including phenoxy) is 1. The average Bonchev–Trinajstić information content (AvgIpc) is 1.57. The normalized spacial score (nSPS) is 23.4. The van der Waals surface area contributed by atoms with Crippen LogP contribution in [0.4, 0.5) is 8.78 Å². The summed E-state index contributed by atoms with van der Waals surface area (Å²) in [4.78, 5) is 0. The summed E-state index contributed by atoms with van der Waals surface area (Å²) in [6, 6.07) is 0. The second-order valence-corrected chi connectivity index (χ2v) is 3.18. The van der Waals surface area contributed by atoms with Crippen LogP contribution in [0, 0.1) is 11.3 Å². The molecule has 1 nitrogen and oxygen atoms in total. The highest BCUT2D eigenvalue weighted by molar-refractivity contribution is 4.90. The number of alkyl halides is 2. The SMILES string of the molecule is CC(C)C1(C(F)F)COC1. The maximum Gasteiger partial charge on any atom is 0.248 e. The molecule has 0 bridgehead atoms. The maximum absolute atomic E-state index is 12.3. The molecule has 0 spiro atoms. The van der Waals surface area contributed by atoms with E-state index in [4.69, 9.17) is 4.74 Å². The van der Waals surface area contributed by atoms with Gasteiger partial charge in [-0.1, -0.05) is 13.8 Å². The molecule has 0 aromatic heterocycles. The summed E-state index contributed by atoms with van der Waals surface area (Å²) in [7, 11) is 0. The highest BCUT2D eigenvalue weighted by Gasteiger charge is 2.49. The quantitative estimate of drug-likeness (QED) is 0.584. The summed E-state index contributed by atoms with van der Waals surface area (Å²) in [6.07, 6.45) is -2.23. The molecule has 0 atom stereocenters. The number of hydrogen-bond acceptors (Lipinski definition) is 1. The molecule has 1 rings (SSSR count). The lowest BCUT2D eigenvalue weighted by molar-refractivity contribution is -0.207. The maximum atomic E-state index is 12.3. The van der Waals surface area contributed by atoms with E-state index in [1.807, 2.05) is 13.8 Å². The van der Waals surface area contributed by atoms with Gasteiger partial charge in [-0.2, -0.15) is 0 Å². The van der Waals surface area contributed by atoms with Gasteiger partial charge in [-0.25, -0.2) is 8.78 Å². The Morgan fingerprint density at radius 2 is 1.80 bits per heavy atom. The molecule has 0 aromatic rings. The van der Waals surface area contributed by atoms with Crippen LogP contribution in [0.3, 0.4) is 0 Å². The van der Waals surface area contributed by atoms with Crippen LogP contribution in [0.5, 0.6) is 0 Å². The van der Waals surface area contributed by atoms with E-state index in [2.05, 4.69) is 0 Å². The molecule has 0 radical (unpaired) electrons. The Hall–Kier alpha value is -0.180. The fraction of sp³-hybridized carbons (Fsp3) is 1.00. The van der Waals surface area contributed by atoms with E-state index in [1.54, 1.807) is 0 Å². The van der Waals surface area contributed by atoms with Crippen molar-refractivity contribution >= 4 is 0 Å². The van der Waals surface area contributed by atoms with Gasteiger partial charge in [0, 0.05) is 0 Å². The van der Waals surface area contributed by atoms with Crippen LogP contribution in [0.2, 0.25) is 0 Å². The van der Waals surface area contributed by atoms with Gasteiger partial charge in [0.1, 0.15) is 0 Å². The Morgan fingerprint density at radius 3 is 1.80 bits per heavy atom. The van der Waals surface area contributed by atoms with Crippen LogP contribution in [-0.2, 0) is 4.74 Å². The molecule has 3 heteroatoms. The van der Waals surface area contributed by atoms with Crippen molar-refractivity contribution in [2.45, 2.75) is 20.3 Å². The van der Waals surface area contributed by atoms with Gasteiger partial charge in [0.05, 0.1) is 18.6 Å². The monoisotopic (exact) mass is 150 g/mol. The predicted octanol–water partition coefficient (Wildman–Crippen LogP) is 1.92. The van der Waals surface area contributed by atoms with Gasteiger partial charge in [-0.3, -0.25) is 0 Å². The lowest BCUT2D eigenvalue weighted by atomic mass is 9.76. The van der Waals surface area contributed by atoms with Crippen LogP contribution in [-0.4, -0.2) is 19.6 Å². The van der Waals surface area contributed by atoms with Gasteiger partial charge in [-0.05, 0) is 5.92 Å². The van der Waals surface area contributed by atoms with E-state index in [0.29, 0.717) is 0 Å². The molecule has 1 saturated heterocycles. The molecular weight excluding hydrogens is 138 g/mol.